The second-order valence-corrected chi connectivity index (χ2v) is 8.59. The predicted molar refractivity (Wildman–Crippen MR) is 93.9 cm³/mol. The molecule has 136 valence electrons. The molecule has 9 heteroatoms. The summed E-state index contributed by atoms with van der Waals surface area (Å²) in [6, 6.07) is 4.58. The highest BCUT2D eigenvalue weighted by atomic mass is 35.5. The van der Waals surface area contributed by atoms with Gasteiger partial charge in [0.05, 0.1) is 23.1 Å². The van der Waals surface area contributed by atoms with E-state index in [1.165, 1.54) is 23.8 Å². The van der Waals surface area contributed by atoms with E-state index in [2.05, 4.69) is 0 Å². The summed E-state index contributed by atoms with van der Waals surface area (Å²) in [5.74, 6) is -1.68. The van der Waals surface area contributed by atoms with Crippen molar-refractivity contribution in [3.05, 3.63) is 35.4 Å². The van der Waals surface area contributed by atoms with E-state index in [-0.39, 0.29) is 11.1 Å². The van der Waals surface area contributed by atoms with Gasteiger partial charge in [-0.05, 0) is 19.1 Å². The molecule has 1 aromatic rings. The van der Waals surface area contributed by atoms with Crippen LogP contribution in [0, 0.1) is 0 Å². The molecule has 0 N–H and O–H groups in total. The van der Waals surface area contributed by atoms with Crippen LogP contribution in [-0.2, 0) is 14.3 Å². The lowest BCUT2D eigenvalue weighted by Crippen LogP contribution is -2.78. The molecule has 0 spiro atoms. The lowest BCUT2D eigenvalue weighted by Gasteiger charge is -2.57. The number of fused-ring (bicyclic) bond motifs is 2. The highest BCUT2D eigenvalue weighted by Crippen LogP contribution is 2.47. The third-order valence-electron chi connectivity index (χ3n) is 4.96. The summed E-state index contributed by atoms with van der Waals surface area (Å²) in [6.07, 6.45) is 0. The van der Waals surface area contributed by atoms with E-state index >= 15 is 0 Å². The minimum atomic E-state index is -0.989. The molecular weight excluding hydrogens is 380 g/mol. The van der Waals surface area contributed by atoms with E-state index in [4.69, 9.17) is 16.3 Å². The average molecular weight is 395 g/mol. The molecule has 3 heterocycles. The normalized spacial score (nSPS) is 32.9. The Hall–Kier alpha value is -2.06. The Morgan fingerprint density at radius 1 is 1.23 bits per heavy atom. The van der Waals surface area contributed by atoms with E-state index in [9.17, 15) is 19.2 Å². The SMILES string of the molecule is COC(=O)C1N2C(=O)C(N3C(=O)c4ccccc4C3=O)[C@H]2SCC1(C)Cl. The Morgan fingerprint density at radius 2 is 1.81 bits per heavy atom. The van der Waals surface area contributed by atoms with Gasteiger partial charge in [-0.25, -0.2) is 4.79 Å². The van der Waals surface area contributed by atoms with Gasteiger partial charge >= 0.3 is 5.97 Å². The van der Waals surface area contributed by atoms with Gasteiger partial charge in [0.1, 0.15) is 11.4 Å². The minimum absolute atomic E-state index is 0.288. The van der Waals surface area contributed by atoms with Crippen molar-refractivity contribution in [2.75, 3.05) is 12.9 Å². The first-order valence-electron chi connectivity index (χ1n) is 7.97. The third kappa shape index (κ3) is 2.15. The van der Waals surface area contributed by atoms with Crippen LogP contribution in [0.25, 0.3) is 0 Å². The van der Waals surface area contributed by atoms with Crippen LogP contribution in [0.3, 0.4) is 0 Å². The fourth-order valence-corrected chi connectivity index (χ4v) is 5.55. The number of alkyl halides is 1. The molecule has 0 aromatic heterocycles. The molecule has 0 saturated carbocycles. The zero-order valence-corrected chi connectivity index (χ0v) is 15.5. The Balaban J connectivity index is 1.66. The van der Waals surface area contributed by atoms with Gasteiger partial charge in [0.2, 0.25) is 0 Å². The molecule has 3 aliphatic heterocycles. The van der Waals surface area contributed by atoms with Crippen molar-refractivity contribution in [3.8, 4) is 0 Å². The molecule has 7 nitrogen and oxygen atoms in total. The molecular formula is C17H15ClN2O5S. The number of rotatable bonds is 2. The summed E-state index contributed by atoms with van der Waals surface area (Å²) in [5, 5.41) is -0.513. The van der Waals surface area contributed by atoms with Crippen molar-refractivity contribution >= 4 is 47.1 Å². The molecule has 3 amide bonds. The summed E-state index contributed by atoms with van der Waals surface area (Å²) in [7, 11) is 1.23. The summed E-state index contributed by atoms with van der Waals surface area (Å²) in [5.41, 5.74) is 0.576. The number of thioether (sulfide) groups is 1. The zero-order chi connectivity index (χ0) is 18.8. The summed E-state index contributed by atoms with van der Waals surface area (Å²) in [6.45, 7) is 1.67. The van der Waals surface area contributed by atoms with Crippen molar-refractivity contribution in [2.24, 2.45) is 0 Å². The largest absolute Gasteiger partial charge is 0.467 e. The number of β-lactam (4-membered cyclic amide) rings is 1. The fraction of sp³-hybridized carbons (Fsp3) is 0.412. The Bertz CT molecular complexity index is 822. The van der Waals surface area contributed by atoms with Crippen LogP contribution in [0.4, 0.5) is 0 Å². The number of hydrogen-bond acceptors (Lipinski definition) is 6. The van der Waals surface area contributed by atoms with E-state index in [0.29, 0.717) is 5.75 Å². The topological polar surface area (TPSA) is 84.0 Å². The fourth-order valence-electron chi connectivity index (χ4n) is 3.70. The first kappa shape index (κ1) is 17.4. The van der Waals surface area contributed by atoms with E-state index in [1.54, 1.807) is 31.2 Å². The second kappa shape index (κ2) is 5.72. The highest BCUT2D eigenvalue weighted by molar-refractivity contribution is 8.00. The van der Waals surface area contributed by atoms with Crippen LogP contribution < -0.4 is 0 Å². The van der Waals surface area contributed by atoms with Crippen molar-refractivity contribution < 1.29 is 23.9 Å². The van der Waals surface area contributed by atoms with Gasteiger partial charge in [0.15, 0.2) is 6.04 Å². The molecule has 3 unspecified atom stereocenters. The number of hydrogen-bond donors (Lipinski definition) is 0. The van der Waals surface area contributed by atoms with Gasteiger partial charge in [-0.1, -0.05) is 12.1 Å². The molecule has 0 bridgehead atoms. The number of esters is 1. The Kier molecular flexibility index (Phi) is 3.82. The second-order valence-electron chi connectivity index (χ2n) is 6.62. The van der Waals surface area contributed by atoms with Crippen molar-refractivity contribution in [1.82, 2.24) is 9.80 Å². The maximum atomic E-state index is 12.8. The summed E-state index contributed by atoms with van der Waals surface area (Å²) >= 11 is 7.80. The molecule has 0 aliphatic carbocycles. The van der Waals surface area contributed by atoms with Gasteiger partial charge in [-0.15, -0.1) is 23.4 Å². The molecule has 0 radical (unpaired) electrons. The first-order valence-corrected chi connectivity index (χ1v) is 9.39. The smallest absolute Gasteiger partial charge is 0.330 e. The lowest BCUT2D eigenvalue weighted by molar-refractivity contribution is -0.167. The zero-order valence-electron chi connectivity index (χ0n) is 14.0. The van der Waals surface area contributed by atoms with Crippen molar-refractivity contribution in [1.29, 1.82) is 0 Å². The van der Waals surface area contributed by atoms with Crippen molar-refractivity contribution in [3.63, 3.8) is 0 Å². The van der Waals surface area contributed by atoms with Gasteiger partial charge < -0.3 is 9.64 Å². The number of ether oxygens (including phenoxy) is 1. The standard InChI is InChI=1S/C17H15ClN2O5S/c1-17(18)7-26-15-10(14(23)20(15)11(17)16(24)25-2)19-12(21)8-5-3-4-6-9(8)13(19)22/h3-6,10-11,15H,7H2,1-2H3/t10?,11?,15-,17?/m1/s1. The van der Waals surface area contributed by atoms with Crippen LogP contribution in [0.5, 0.6) is 0 Å². The molecule has 4 rings (SSSR count). The Morgan fingerprint density at radius 3 is 2.35 bits per heavy atom. The quantitative estimate of drug-likeness (QED) is 0.323. The number of nitrogens with zero attached hydrogens (tertiary/aromatic N) is 2. The van der Waals surface area contributed by atoms with Crippen molar-refractivity contribution in [2.45, 2.75) is 29.3 Å². The highest BCUT2D eigenvalue weighted by Gasteiger charge is 2.64. The first-order chi connectivity index (χ1) is 12.3. The number of carbonyl (C=O) groups excluding carboxylic acids is 4. The summed E-state index contributed by atoms with van der Waals surface area (Å²) < 4.78 is 4.81. The van der Waals surface area contributed by atoms with Crippen LogP contribution >= 0.6 is 23.4 Å². The number of benzene rings is 1. The molecule has 3 aliphatic rings. The van der Waals surface area contributed by atoms with Gasteiger partial charge in [-0.2, -0.15) is 0 Å². The van der Waals surface area contributed by atoms with E-state index in [0.717, 1.165) is 4.90 Å². The lowest BCUT2D eigenvalue weighted by atomic mass is 9.93. The molecule has 2 saturated heterocycles. The number of halogens is 1. The maximum absolute atomic E-state index is 12.8. The minimum Gasteiger partial charge on any atom is -0.467 e. The number of imide groups is 1. The molecule has 2 fully saturated rings. The monoisotopic (exact) mass is 394 g/mol. The number of carbonyl (C=O) groups is 4. The van der Waals surface area contributed by atoms with E-state index in [1.807, 2.05) is 0 Å². The van der Waals surface area contributed by atoms with E-state index < -0.39 is 46.0 Å². The number of amides is 3. The summed E-state index contributed by atoms with van der Waals surface area (Å²) in [4.78, 5) is 51.7. The average Bonchev–Trinajstić information content (AvgIpc) is 2.86. The van der Waals surface area contributed by atoms with Crippen LogP contribution in [0.15, 0.2) is 24.3 Å². The number of methoxy groups -OCH3 is 1. The maximum Gasteiger partial charge on any atom is 0.330 e. The van der Waals surface area contributed by atoms with Gasteiger partial charge in [-0.3, -0.25) is 19.3 Å². The molecule has 4 atom stereocenters. The van der Waals surface area contributed by atoms with Crippen LogP contribution in [0.2, 0.25) is 0 Å². The molecule has 26 heavy (non-hydrogen) atoms. The van der Waals surface area contributed by atoms with Gasteiger partial charge in [0, 0.05) is 5.75 Å². The third-order valence-corrected chi connectivity index (χ3v) is 7.06. The molecule has 1 aromatic carbocycles. The van der Waals surface area contributed by atoms with Crippen LogP contribution in [-0.4, -0.2) is 68.7 Å². The predicted octanol–water partition coefficient (Wildman–Crippen LogP) is 1.11. The van der Waals surface area contributed by atoms with Gasteiger partial charge in [0.25, 0.3) is 17.7 Å². The Labute approximate surface area is 158 Å². The van der Waals surface area contributed by atoms with Crippen LogP contribution in [0.1, 0.15) is 27.6 Å².